The Morgan fingerprint density at radius 1 is 0.667 bits per heavy atom. The molecule has 0 amide bonds. The maximum atomic E-state index is 13.2. The minimum absolute atomic E-state index is 0. The van der Waals surface area contributed by atoms with Crippen LogP contribution >= 0.6 is 0 Å². The first-order valence-electron chi connectivity index (χ1n) is 10.1. The Labute approximate surface area is 174 Å². The molecule has 5 fully saturated rings. The number of nitrogens with zero attached hydrogens (tertiary/aromatic N) is 2. The van der Waals surface area contributed by atoms with Crippen molar-refractivity contribution in [3.05, 3.63) is 65.7 Å². The van der Waals surface area contributed by atoms with Gasteiger partial charge in [0.15, 0.2) is 0 Å². The summed E-state index contributed by atoms with van der Waals surface area (Å²) in [6, 6.07) is 0. The van der Waals surface area contributed by atoms with Gasteiger partial charge in [-0.05, 0) is 99.2 Å². The monoisotopic (exact) mass is 400 g/mol. The van der Waals surface area contributed by atoms with Crippen LogP contribution in [0.3, 0.4) is 0 Å². The molecule has 0 aromatic rings. The van der Waals surface area contributed by atoms with E-state index in [4.69, 9.17) is 0 Å². The number of ketones is 1. The van der Waals surface area contributed by atoms with Gasteiger partial charge in [-0.1, -0.05) is 19.3 Å². The molecule has 4 heteroatoms. The van der Waals surface area contributed by atoms with Crippen molar-refractivity contribution in [2.45, 2.75) is 70.6 Å². The number of Topliss-reactive ketones (excluding diaryl/α,β-unsaturated/α-hetero) is 1. The van der Waals surface area contributed by atoms with Gasteiger partial charge < -0.3 is 5.53 Å². The minimum Gasteiger partial charge on any atom is -0.361 e. The van der Waals surface area contributed by atoms with Crippen molar-refractivity contribution in [1.82, 2.24) is 0 Å². The van der Waals surface area contributed by atoms with Crippen molar-refractivity contribution in [3.63, 3.8) is 0 Å². The number of hydrogen-bond donors (Lipinski definition) is 0. The van der Waals surface area contributed by atoms with Crippen molar-refractivity contribution in [1.29, 1.82) is 0 Å². The Morgan fingerprint density at radius 2 is 1.19 bits per heavy atom. The summed E-state index contributed by atoms with van der Waals surface area (Å²) in [5.41, 5.74) is 9.85. The molecule has 0 aliphatic heterocycles. The van der Waals surface area contributed by atoms with Crippen LogP contribution in [0, 0.1) is 60.2 Å². The predicted octanol–water partition coefficient (Wildman–Crippen LogP) is 4.59. The van der Waals surface area contributed by atoms with E-state index in [1.54, 1.807) is 17.8 Å². The van der Waals surface area contributed by atoms with Crippen LogP contribution in [-0.4, -0.2) is 16.3 Å². The molecule has 5 saturated carbocycles. The summed E-state index contributed by atoms with van der Waals surface area (Å²) in [6.45, 7) is 0. The Kier molecular flexibility index (Phi) is 5.98. The number of carbonyl (C=O) groups is 1. The van der Waals surface area contributed by atoms with Crippen molar-refractivity contribution in [3.8, 4) is 0 Å². The molecule has 3 nitrogen and oxygen atoms in total. The average Bonchev–Trinajstić information content (AvgIpc) is 3.16. The minimum atomic E-state index is -0.0519. The molecule has 5 rings (SSSR count). The van der Waals surface area contributed by atoms with E-state index >= 15 is 0 Å². The second kappa shape index (κ2) is 8.13. The third-order valence-electron chi connectivity index (χ3n) is 6.74. The van der Waals surface area contributed by atoms with Gasteiger partial charge in [0.25, 0.3) is 0 Å². The number of fused-ring (bicyclic) bond motifs is 4. The summed E-state index contributed by atoms with van der Waals surface area (Å²) in [5, 5.41) is 0. The van der Waals surface area contributed by atoms with E-state index in [2.05, 4.69) is 17.6 Å². The van der Waals surface area contributed by atoms with Crippen LogP contribution in [-0.2, 0) is 21.9 Å². The van der Waals surface area contributed by atoms with E-state index < -0.39 is 0 Å². The van der Waals surface area contributed by atoms with Crippen molar-refractivity contribution >= 4 is 11.5 Å². The first-order valence-corrected chi connectivity index (χ1v) is 10.1. The van der Waals surface area contributed by atoms with E-state index in [0.29, 0.717) is 12.1 Å². The summed E-state index contributed by atoms with van der Waals surface area (Å²) in [5.74, 6) is 10.9. The molecular formula is C23H24FeN2O. The first-order chi connectivity index (χ1) is 12.8. The SMILES string of the molecule is [Fe].[N-]=[N+]=C1CC[C]2[CH][C]3CCC[C]4[CH][C]([C]5CCC[C]2[C]3CCC[C]45)C1=O. The zero-order chi connectivity index (χ0) is 17.7. The van der Waals surface area contributed by atoms with Crippen LogP contribution in [0.25, 0.3) is 5.53 Å². The van der Waals surface area contributed by atoms with Gasteiger partial charge >= 0.3 is 5.71 Å². The zero-order valence-electron chi connectivity index (χ0n) is 15.6. The maximum Gasteiger partial charge on any atom is 0.335 e. The topological polar surface area (TPSA) is 53.5 Å². The van der Waals surface area contributed by atoms with Crippen molar-refractivity contribution in [2.75, 3.05) is 0 Å². The molecule has 5 aliphatic rings. The Bertz CT molecular complexity index is 628. The van der Waals surface area contributed by atoms with Gasteiger partial charge in [0, 0.05) is 17.1 Å². The Morgan fingerprint density at radius 3 is 1.85 bits per heavy atom. The number of carbonyl (C=O) groups excluding carboxylic acids is 1. The maximum absolute atomic E-state index is 13.2. The molecule has 0 saturated heterocycles. The summed E-state index contributed by atoms with van der Waals surface area (Å²) >= 11 is 0. The predicted molar refractivity (Wildman–Crippen MR) is 99.0 cm³/mol. The second-order valence-corrected chi connectivity index (χ2v) is 8.13. The van der Waals surface area contributed by atoms with Crippen molar-refractivity contribution in [2.24, 2.45) is 0 Å². The van der Waals surface area contributed by atoms with Crippen LogP contribution < -0.4 is 0 Å². The average molecular weight is 400 g/mol. The molecule has 0 atom stereocenters. The molecule has 5 aliphatic carbocycles. The molecule has 140 valence electrons. The van der Waals surface area contributed by atoms with Gasteiger partial charge in [-0.2, -0.15) is 4.79 Å². The van der Waals surface area contributed by atoms with Gasteiger partial charge in [0.05, 0.1) is 12.3 Å². The van der Waals surface area contributed by atoms with Gasteiger partial charge in [-0.3, -0.25) is 4.79 Å². The van der Waals surface area contributed by atoms with E-state index in [9.17, 15) is 10.3 Å². The van der Waals surface area contributed by atoms with Crippen LogP contribution in [0.15, 0.2) is 0 Å². The molecule has 0 heterocycles. The molecule has 0 aromatic carbocycles. The van der Waals surface area contributed by atoms with Crippen LogP contribution in [0.2, 0.25) is 0 Å². The van der Waals surface area contributed by atoms with Gasteiger partial charge in [-0.15, -0.1) is 0 Å². The van der Waals surface area contributed by atoms with E-state index in [1.807, 2.05) is 0 Å². The molecule has 0 aromatic heterocycles. The third-order valence-corrected chi connectivity index (χ3v) is 6.74. The number of hydrogen-bond acceptors (Lipinski definition) is 1. The summed E-state index contributed by atoms with van der Waals surface area (Å²) in [4.78, 5) is 16.6. The molecule has 4 bridgehead atoms. The molecule has 0 spiro atoms. The smallest absolute Gasteiger partial charge is 0.335 e. The third kappa shape index (κ3) is 3.41. The summed E-state index contributed by atoms with van der Waals surface area (Å²) in [7, 11) is 0. The Hall–Kier alpha value is -0.431. The summed E-state index contributed by atoms with van der Waals surface area (Å²) in [6.07, 6.45) is 15.8. The van der Waals surface area contributed by atoms with Crippen LogP contribution in [0.4, 0.5) is 0 Å². The normalized spacial score (nSPS) is 30.5. The zero-order valence-corrected chi connectivity index (χ0v) is 16.7. The molecule has 0 N–H and O–H groups in total. The van der Waals surface area contributed by atoms with Gasteiger partial charge in [-0.25, -0.2) is 0 Å². The van der Waals surface area contributed by atoms with Crippen molar-refractivity contribution < 1.29 is 26.7 Å². The van der Waals surface area contributed by atoms with Crippen LogP contribution in [0.5, 0.6) is 0 Å². The van der Waals surface area contributed by atoms with E-state index in [-0.39, 0.29) is 22.9 Å². The Balaban J connectivity index is 0.00000180. The molecule has 27 heavy (non-hydrogen) atoms. The van der Waals surface area contributed by atoms with E-state index in [0.717, 1.165) is 57.3 Å². The molecular weight excluding hydrogens is 376 g/mol. The fraction of sp³-hybridized carbons (Fsp3) is 0.478. The summed E-state index contributed by atoms with van der Waals surface area (Å²) < 4.78 is 0. The van der Waals surface area contributed by atoms with Crippen LogP contribution in [0.1, 0.15) is 70.6 Å². The fourth-order valence-electron chi connectivity index (χ4n) is 5.54. The largest absolute Gasteiger partial charge is 0.361 e. The first kappa shape index (κ1) is 19.9. The fourth-order valence-corrected chi connectivity index (χ4v) is 5.54. The second-order valence-electron chi connectivity index (χ2n) is 8.13. The van der Waals surface area contributed by atoms with E-state index in [1.165, 1.54) is 36.5 Å². The molecule has 10 radical (unpaired) electrons. The quantitative estimate of drug-likeness (QED) is 0.333. The standard InChI is InChI=1S/C23H24N2O.Fe/c24-25-22-11-10-16-12-14-4-1-5-15-13-21(23(22)26)20-9-3-7-18(16)17(14)6-2-8-19(15)20;/h12-13H,1-11H2;. The number of rotatable bonds is 0. The van der Waals surface area contributed by atoms with Gasteiger partial charge in [0.1, 0.15) is 0 Å². The molecule has 0 unspecified atom stereocenters. The van der Waals surface area contributed by atoms with Gasteiger partial charge in [0.2, 0.25) is 5.78 Å².